The fourth-order valence-electron chi connectivity index (χ4n) is 4.52. The van der Waals surface area contributed by atoms with Gasteiger partial charge in [-0.2, -0.15) is 5.26 Å². The number of carbonyl (C=O) groups excluding carboxylic acids is 1. The van der Waals surface area contributed by atoms with E-state index in [1.807, 2.05) is 70.2 Å². The highest BCUT2D eigenvalue weighted by Gasteiger charge is 2.13. The molecule has 44 heavy (non-hydrogen) atoms. The number of benzene rings is 2. The fourth-order valence-corrected chi connectivity index (χ4v) is 4.52. The number of ether oxygens (including phenoxy) is 5. The van der Waals surface area contributed by atoms with E-state index in [1.165, 1.54) is 32.1 Å². The van der Waals surface area contributed by atoms with Crippen LogP contribution >= 0.6 is 0 Å². The summed E-state index contributed by atoms with van der Waals surface area (Å²) in [5, 5.41) is 9.96. The maximum atomic E-state index is 11.3. The summed E-state index contributed by atoms with van der Waals surface area (Å²) in [6.45, 7) is 14.2. The Morgan fingerprint density at radius 2 is 1.36 bits per heavy atom. The van der Waals surface area contributed by atoms with Gasteiger partial charge in [0.05, 0.1) is 44.2 Å². The number of nitrogens with zero attached hydrogens (tertiary/aromatic N) is 1. The van der Waals surface area contributed by atoms with Crippen molar-refractivity contribution in [3.63, 3.8) is 0 Å². The third-order valence-corrected chi connectivity index (χ3v) is 6.73. The predicted octanol–water partition coefficient (Wildman–Crippen LogP) is 9.34. The van der Waals surface area contributed by atoms with Crippen molar-refractivity contribution in [2.24, 2.45) is 0 Å². The van der Waals surface area contributed by atoms with E-state index in [0.717, 1.165) is 36.8 Å². The van der Waals surface area contributed by atoms with Crippen LogP contribution in [-0.4, -0.2) is 38.5 Å². The van der Waals surface area contributed by atoms with E-state index >= 15 is 0 Å². The van der Waals surface area contributed by atoms with E-state index in [-0.39, 0.29) is 18.2 Å². The Bertz CT molecular complexity index is 1260. The predicted molar refractivity (Wildman–Crippen MR) is 177 cm³/mol. The summed E-state index contributed by atoms with van der Waals surface area (Å²) in [5.41, 5.74) is 2.55. The molecule has 0 amide bonds. The maximum absolute atomic E-state index is 11.3. The second-order valence-corrected chi connectivity index (χ2v) is 11.5. The minimum Gasteiger partial charge on any atom is -0.493 e. The van der Waals surface area contributed by atoms with Crippen LogP contribution < -0.4 is 18.9 Å². The van der Waals surface area contributed by atoms with Gasteiger partial charge in [-0.15, -0.1) is 0 Å². The van der Waals surface area contributed by atoms with Gasteiger partial charge in [0, 0.05) is 5.57 Å². The lowest BCUT2D eigenvalue weighted by Gasteiger charge is -2.18. The van der Waals surface area contributed by atoms with Crippen molar-refractivity contribution in [2.45, 2.75) is 105 Å². The van der Waals surface area contributed by atoms with Crippen LogP contribution in [0, 0.1) is 11.3 Å². The van der Waals surface area contributed by atoms with Crippen molar-refractivity contribution < 1.29 is 28.5 Å². The van der Waals surface area contributed by atoms with Crippen molar-refractivity contribution in [1.82, 2.24) is 0 Å². The van der Waals surface area contributed by atoms with Gasteiger partial charge in [-0.25, -0.2) is 4.79 Å². The first kappa shape index (κ1) is 36.3. The zero-order chi connectivity index (χ0) is 32.3. The zero-order valence-electron chi connectivity index (χ0n) is 27.6. The molecule has 0 bridgehead atoms. The Balaban J connectivity index is 1.81. The first-order valence-electron chi connectivity index (χ1n) is 15.9. The van der Waals surface area contributed by atoms with Gasteiger partial charge < -0.3 is 23.7 Å². The average Bonchev–Trinajstić information content (AvgIpc) is 2.98. The highest BCUT2D eigenvalue weighted by molar-refractivity contribution is 5.90. The number of nitriles is 1. The molecule has 0 aliphatic rings. The number of carbonyl (C=O) groups is 1. The Morgan fingerprint density at radius 1 is 0.795 bits per heavy atom. The van der Waals surface area contributed by atoms with Gasteiger partial charge in [0.2, 0.25) is 0 Å². The highest BCUT2D eigenvalue weighted by atomic mass is 16.5. The molecule has 240 valence electrons. The minimum absolute atomic E-state index is 0.00872. The van der Waals surface area contributed by atoms with Crippen LogP contribution in [0.15, 0.2) is 48.6 Å². The molecule has 0 atom stereocenters. The summed E-state index contributed by atoms with van der Waals surface area (Å²) in [6.07, 6.45) is 11.9. The molecule has 0 spiro atoms. The number of hydrogen-bond donors (Lipinski definition) is 0. The van der Waals surface area contributed by atoms with Crippen molar-refractivity contribution >= 4 is 17.6 Å². The normalized spacial score (nSPS) is 11.3. The van der Waals surface area contributed by atoms with Crippen LogP contribution in [0.5, 0.6) is 23.0 Å². The van der Waals surface area contributed by atoms with E-state index in [4.69, 9.17) is 23.7 Å². The second kappa shape index (κ2) is 20.1. The largest absolute Gasteiger partial charge is 0.493 e. The highest BCUT2D eigenvalue weighted by Crippen LogP contribution is 2.34. The summed E-state index contributed by atoms with van der Waals surface area (Å²) in [4.78, 5) is 11.3. The topological polar surface area (TPSA) is 87.0 Å². The van der Waals surface area contributed by atoms with Crippen molar-refractivity contribution in [1.29, 1.82) is 5.26 Å². The number of unbranched alkanes of at least 4 members (excludes halogenated alkanes) is 8. The zero-order valence-corrected chi connectivity index (χ0v) is 27.6. The number of allylic oxidation sites excluding steroid dienone is 1. The molecular formula is C37H51NO6. The third-order valence-electron chi connectivity index (χ3n) is 6.73. The monoisotopic (exact) mass is 605 g/mol. The van der Waals surface area contributed by atoms with Gasteiger partial charge in [-0.3, -0.25) is 0 Å². The number of rotatable bonds is 21. The minimum atomic E-state index is -0.298. The van der Waals surface area contributed by atoms with E-state index < -0.39 is 0 Å². The first-order chi connectivity index (χ1) is 21.1. The van der Waals surface area contributed by atoms with Gasteiger partial charge in [0.15, 0.2) is 23.0 Å². The Morgan fingerprint density at radius 3 is 1.93 bits per heavy atom. The lowest BCUT2D eigenvalue weighted by atomic mass is 10.0. The number of hydrogen-bond acceptors (Lipinski definition) is 7. The van der Waals surface area contributed by atoms with Crippen molar-refractivity contribution in [3.05, 3.63) is 59.7 Å². The summed E-state index contributed by atoms with van der Waals surface area (Å²) in [5.74, 6) is 2.30. The molecule has 2 aromatic carbocycles. The molecule has 0 saturated heterocycles. The SMILES string of the molecule is C=C(C)C(=O)OCCCCCCCCCCCOc1ccc(C=C(C#N)c2ccc(OC(C)C)c(OC(C)C)c2)cc1OC. The number of methoxy groups -OCH3 is 1. The molecule has 0 aromatic heterocycles. The smallest absolute Gasteiger partial charge is 0.333 e. The van der Waals surface area contributed by atoms with E-state index in [1.54, 1.807) is 14.0 Å². The van der Waals surface area contributed by atoms with Crippen molar-refractivity contribution in [2.75, 3.05) is 20.3 Å². The summed E-state index contributed by atoms with van der Waals surface area (Å²) in [6, 6.07) is 13.6. The molecular weight excluding hydrogens is 554 g/mol. The quantitative estimate of drug-likeness (QED) is 0.0461. The first-order valence-corrected chi connectivity index (χ1v) is 15.9. The van der Waals surface area contributed by atoms with E-state index in [9.17, 15) is 10.1 Å². The van der Waals surface area contributed by atoms with Crippen LogP contribution in [-0.2, 0) is 9.53 Å². The van der Waals surface area contributed by atoms with Crippen LogP contribution in [0.3, 0.4) is 0 Å². The molecule has 2 rings (SSSR count). The van der Waals surface area contributed by atoms with Crippen LogP contribution in [0.2, 0.25) is 0 Å². The maximum Gasteiger partial charge on any atom is 0.333 e. The molecule has 0 N–H and O–H groups in total. The van der Waals surface area contributed by atoms with Gasteiger partial charge >= 0.3 is 5.97 Å². The van der Waals surface area contributed by atoms with Crippen LogP contribution in [0.4, 0.5) is 0 Å². The molecule has 2 aromatic rings. The molecule has 0 saturated carbocycles. The molecule has 7 nitrogen and oxygen atoms in total. The molecule has 0 unspecified atom stereocenters. The van der Waals surface area contributed by atoms with Gasteiger partial charge in [-0.05, 0) is 95.0 Å². The van der Waals surface area contributed by atoms with Gasteiger partial charge in [0.25, 0.3) is 0 Å². The molecule has 0 fully saturated rings. The van der Waals surface area contributed by atoms with Crippen LogP contribution in [0.25, 0.3) is 11.6 Å². The van der Waals surface area contributed by atoms with E-state index in [2.05, 4.69) is 12.6 Å². The molecule has 0 aliphatic carbocycles. The van der Waals surface area contributed by atoms with Crippen molar-refractivity contribution in [3.8, 4) is 29.1 Å². The summed E-state index contributed by atoms with van der Waals surface area (Å²) >= 11 is 0. The second-order valence-electron chi connectivity index (χ2n) is 11.5. The molecule has 7 heteroatoms. The summed E-state index contributed by atoms with van der Waals surface area (Å²) in [7, 11) is 1.62. The third kappa shape index (κ3) is 13.6. The lowest BCUT2D eigenvalue weighted by molar-refractivity contribution is -0.139. The Labute approximate surface area is 264 Å². The number of esters is 1. The van der Waals surface area contributed by atoms with Crippen LogP contribution in [0.1, 0.15) is 104 Å². The fraction of sp³-hybridized carbons (Fsp3) is 0.514. The molecule has 0 radical (unpaired) electrons. The summed E-state index contributed by atoms with van der Waals surface area (Å²) < 4.78 is 28.6. The molecule has 0 aliphatic heterocycles. The molecule has 0 heterocycles. The Hall–Kier alpha value is -3.92. The lowest BCUT2D eigenvalue weighted by Crippen LogP contribution is -2.11. The Kier molecular flexibility index (Phi) is 16.6. The standard InChI is InChI=1S/C37H51NO6/c1-27(2)37(39)42-22-16-14-12-10-8-9-11-13-15-21-41-33-19-17-30(24-35(33)40-7)23-32(26-38)31-18-20-34(43-28(3)4)36(25-31)44-29(5)6/h17-20,23-25,28-29H,1,8-16,21-22H2,2-7H3. The van der Waals surface area contributed by atoms with Gasteiger partial charge in [0.1, 0.15) is 0 Å². The van der Waals surface area contributed by atoms with Gasteiger partial charge in [-0.1, -0.05) is 57.6 Å². The average molecular weight is 606 g/mol. The van der Waals surface area contributed by atoms with E-state index in [0.29, 0.717) is 47.4 Å².